The molecule has 1 N–H and O–H groups in total. The van der Waals surface area contributed by atoms with Crippen molar-refractivity contribution < 1.29 is 9.84 Å². The van der Waals surface area contributed by atoms with Crippen molar-refractivity contribution in [3.8, 4) is 0 Å². The second-order valence-corrected chi connectivity index (χ2v) is 5.73. The third kappa shape index (κ3) is 1.41. The van der Waals surface area contributed by atoms with E-state index in [4.69, 9.17) is 16.3 Å². The summed E-state index contributed by atoms with van der Waals surface area (Å²) in [5, 5.41) is 10.2. The SMILES string of the molecule is OCC12COCC(c3ccc(Cl)cc3)(C1)C2. The summed E-state index contributed by atoms with van der Waals surface area (Å²) >= 11 is 5.89. The van der Waals surface area contributed by atoms with Crippen LogP contribution in [0.1, 0.15) is 18.4 Å². The number of fused-ring (bicyclic) bond motifs is 2. The van der Waals surface area contributed by atoms with Crippen molar-refractivity contribution in [1.29, 1.82) is 0 Å². The first-order valence-corrected chi connectivity index (χ1v) is 6.01. The van der Waals surface area contributed by atoms with Gasteiger partial charge in [-0.1, -0.05) is 23.7 Å². The summed E-state index contributed by atoms with van der Waals surface area (Å²) in [4.78, 5) is 0. The van der Waals surface area contributed by atoms with Gasteiger partial charge in [-0.05, 0) is 30.5 Å². The normalized spacial score (nSPS) is 36.9. The van der Waals surface area contributed by atoms with Crippen molar-refractivity contribution >= 4 is 11.6 Å². The molecule has 2 aliphatic heterocycles. The molecule has 0 aromatic heterocycles. The molecule has 3 heteroatoms. The molecular weight excluding hydrogens is 224 g/mol. The summed E-state index contributed by atoms with van der Waals surface area (Å²) in [6.45, 7) is 1.72. The van der Waals surface area contributed by atoms with Crippen molar-refractivity contribution in [2.45, 2.75) is 18.3 Å². The number of hydrogen-bond donors (Lipinski definition) is 1. The zero-order chi connectivity index (χ0) is 11.2. The van der Waals surface area contributed by atoms with E-state index in [0.29, 0.717) is 6.61 Å². The predicted octanol–water partition coefficient (Wildman–Crippen LogP) is 2.38. The number of aliphatic hydroxyl groups excluding tert-OH is 1. The number of rotatable bonds is 2. The molecule has 16 heavy (non-hydrogen) atoms. The van der Waals surface area contributed by atoms with Gasteiger partial charge in [0.1, 0.15) is 0 Å². The van der Waals surface area contributed by atoms with Crippen LogP contribution in [-0.2, 0) is 10.2 Å². The lowest BCUT2D eigenvalue weighted by molar-refractivity contribution is -0.170. The van der Waals surface area contributed by atoms with E-state index in [9.17, 15) is 5.11 Å². The first-order valence-electron chi connectivity index (χ1n) is 5.63. The van der Waals surface area contributed by atoms with E-state index in [-0.39, 0.29) is 17.4 Å². The molecule has 0 atom stereocenters. The zero-order valence-corrected chi connectivity index (χ0v) is 9.83. The second-order valence-electron chi connectivity index (χ2n) is 5.29. The first kappa shape index (κ1) is 10.6. The van der Waals surface area contributed by atoms with Crippen molar-refractivity contribution in [3.05, 3.63) is 34.9 Å². The van der Waals surface area contributed by atoms with E-state index in [1.165, 1.54) is 5.56 Å². The lowest BCUT2D eigenvalue weighted by Gasteiger charge is -2.59. The van der Waals surface area contributed by atoms with Crippen molar-refractivity contribution in [3.63, 3.8) is 0 Å². The fourth-order valence-corrected chi connectivity index (χ4v) is 3.43. The Kier molecular flexibility index (Phi) is 2.29. The van der Waals surface area contributed by atoms with E-state index < -0.39 is 0 Å². The molecule has 0 spiro atoms. The third-order valence-corrected chi connectivity index (χ3v) is 4.26. The van der Waals surface area contributed by atoms with Crippen LogP contribution in [0, 0.1) is 5.41 Å². The van der Waals surface area contributed by atoms with Crippen LogP contribution < -0.4 is 0 Å². The lowest BCUT2D eigenvalue weighted by atomic mass is 9.50. The van der Waals surface area contributed by atoms with Crippen molar-refractivity contribution in [1.82, 2.24) is 0 Å². The molecular formula is C13H15ClO2. The summed E-state index contributed by atoms with van der Waals surface area (Å²) < 4.78 is 5.62. The van der Waals surface area contributed by atoms with Gasteiger partial charge in [0, 0.05) is 15.9 Å². The van der Waals surface area contributed by atoms with Crippen LogP contribution in [-0.4, -0.2) is 24.9 Å². The Balaban J connectivity index is 1.88. The highest BCUT2D eigenvalue weighted by atomic mass is 35.5. The zero-order valence-electron chi connectivity index (χ0n) is 9.08. The molecule has 3 aliphatic rings. The molecule has 2 saturated heterocycles. The molecule has 0 unspecified atom stereocenters. The summed E-state index contributed by atoms with van der Waals surface area (Å²) in [5.74, 6) is 0. The minimum Gasteiger partial charge on any atom is -0.396 e. The van der Waals surface area contributed by atoms with E-state index >= 15 is 0 Å². The van der Waals surface area contributed by atoms with E-state index in [1.807, 2.05) is 12.1 Å². The molecule has 0 amide bonds. The second kappa shape index (κ2) is 3.46. The number of benzene rings is 1. The van der Waals surface area contributed by atoms with E-state index in [2.05, 4.69) is 12.1 Å². The highest BCUT2D eigenvalue weighted by molar-refractivity contribution is 6.30. The van der Waals surface area contributed by atoms with Crippen LogP contribution in [0.5, 0.6) is 0 Å². The van der Waals surface area contributed by atoms with Gasteiger partial charge < -0.3 is 9.84 Å². The molecule has 1 saturated carbocycles. The maximum Gasteiger partial charge on any atom is 0.0563 e. The van der Waals surface area contributed by atoms with Crippen LogP contribution in [0.4, 0.5) is 0 Å². The first-order chi connectivity index (χ1) is 7.68. The molecule has 0 radical (unpaired) electrons. The molecule has 2 bridgehead atoms. The number of aliphatic hydroxyl groups is 1. The highest BCUT2D eigenvalue weighted by Gasteiger charge is 2.58. The van der Waals surface area contributed by atoms with Crippen LogP contribution in [0.25, 0.3) is 0 Å². The highest BCUT2D eigenvalue weighted by Crippen LogP contribution is 2.58. The Labute approximate surface area is 100 Å². The number of hydrogen-bond acceptors (Lipinski definition) is 2. The van der Waals surface area contributed by atoms with E-state index in [0.717, 1.165) is 24.5 Å². The monoisotopic (exact) mass is 238 g/mol. The molecule has 3 fully saturated rings. The summed E-state index contributed by atoms with van der Waals surface area (Å²) in [6, 6.07) is 8.02. The minimum atomic E-state index is 0.0257. The Morgan fingerprint density at radius 3 is 2.50 bits per heavy atom. The molecule has 86 valence electrons. The van der Waals surface area contributed by atoms with E-state index in [1.54, 1.807) is 0 Å². The van der Waals surface area contributed by atoms with Gasteiger partial charge in [0.2, 0.25) is 0 Å². The predicted molar refractivity (Wildman–Crippen MR) is 62.7 cm³/mol. The van der Waals surface area contributed by atoms with Gasteiger partial charge in [-0.3, -0.25) is 0 Å². The van der Waals surface area contributed by atoms with Gasteiger partial charge in [0.25, 0.3) is 0 Å². The van der Waals surface area contributed by atoms with Crippen molar-refractivity contribution in [2.75, 3.05) is 19.8 Å². The van der Waals surface area contributed by atoms with Crippen LogP contribution in [0.3, 0.4) is 0 Å². The molecule has 4 rings (SSSR count). The summed E-state index contributed by atoms with van der Waals surface area (Å²) in [6.07, 6.45) is 2.08. The standard InChI is InChI=1S/C13H15ClO2/c14-11-3-1-10(2-4-11)13-5-12(6-13,7-15)8-16-9-13/h1-4,15H,5-9H2. The number of halogens is 1. The topological polar surface area (TPSA) is 29.5 Å². The largest absolute Gasteiger partial charge is 0.396 e. The van der Waals surface area contributed by atoms with Gasteiger partial charge in [-0.2, -0.15) is 0 Å². The maximum absolute atomic E-state index is 9.39. The van der Waals surface area contributed by atoms with Gasteiger partial charge in [0.15, 0.2) is 0 Å². The Bertz CT molecular complexity index is 393. The molecule has 1 aliphatic carbocycles. The maximum atomic E-state index is 9.39. The van der Waals surface area contributed by atoms with Gasteiger partial charge in [-0.15, -0.1) is 0 Å². The minimum absolute atomic E-state index is 0.0257. The van der Waals surface area contributed by atoms with Crippen LogP contribution >= 0.6 is 11.6 Å². The fourth-order valence-electron chi connectivity index (χ4n) is 3.30. The molecule has 1 aromatic carbocycles. The lowest BCUT2D eigenvalue weighted by Crippen LogP contribution is -2.60. The van der Waals surface area contributed by atoms with Crippen LogP contribution in [0.2, 0.25) is 5.02 Å². The summed E-state index contributed by atoms with van der Waals surface area (Å²) in [5.41, 5.74) is 1.45. The van der Waals surface area contributed by atoms with Gasteiger partial charge in [-0.25, -0.2) is 0 Å². The Hall–Kier alpha value is -0.570. The molecule has 1 aromatic rings. The summed E-state index contributed by atoms with van der Waals surface area (Å²) in [7, 11) is 0. The fraction of sp³-hybridized carbons (Fsp3) is 0.538. The van der Waals surface area contributed by atoms with Crippen LogP contribution in [0.15, 0.2) is 24.3 Å². The smallest absolute Gasteiger partial charge is 0.0563 e. The van der Waals surface area contributed by atoms with Crippen molar-refractivity contribution in [2.24, 2.45) is 5.41 Å². The molecule has 2 heterocycles. The number of ether oxygens (including phenoxy) is 1. The quantitative estimate of drug-likeness (QED) is 0.857. The average Bonchev–Trinajstić information content (AvgIpc) is 2.29. The van der Waals surface area contributed by atoms with Gasteiger partial charge >= 0.3 is 0 Å². The average molecular weight is 239 g/mol. The Morgan fingerprint density at radius 1 is 1.19 bits per heavy atom. The molecule has 2 nitrogen and oxygen atoms in total. The Morgan fingerprint density at radius 2 is 1.88 bits per heavy atom. The van der Waals surface area contributed by atoms with Gasteiger partial charge in [0.05, 0.1) is 19.8 Å². The third-order valence-electron chi connectivity index (χ3n) is 4.01.